The first-order chi connectivity index (χ1) is 15.3. The van der Waals surface area contributed by atoms with Crippen LogP contribution in [0.1, 0.15) is 58.1 Å². The van der Waals surface area contributed by atoms with Crippen LogP contribution >= 0.6 is 0 Å². The van der Waals surface area contributed by atoms with Crippen molar-refractivity contribution in [1.29, 1.82) is 0 Å². The molecule has 2 aromatic carbocycles. The molecule has 174 valence electrons. The molecule has 0 fully saturated rings. The van der Waals surface area contributed by atoms with Crippen LogP contribution in [-0.2, 0) is 16.1 Å². The highest BCUT2D eigenvalue weighted by Crippen LogP contribution is 2.26. The Morgan fingerprint density at radius 2 is 1.66 bits per heavy atom. The molecule has 6 heteroatoms. The summed E-state index contributed by atoms with van der Waals surface area (Å²) in [6.45, 7) is 10.0. The van der Waals surface area contributed by atoms with Gasteiger partial charge in [-0.25, -0.2) is 0 Å². The maximum absolute atomic E-state index is 13.2. The molecule has 0 saturated heterocycles. The van der Waals surface area contributed by atoms with E-state index in [-0.39, 0.29) is 30.4 Å². The second-order valence-corrected chi connectivity index (χ2v) is 8.34. The van der Waals surface area contributed by atoms with Crippen LogP contribution in [0.25, 0.3) is 0 Å². The lowest BCUT2D eigenvalue weighted by atomic mass is 10.0. The van der Waals surface area contributed by atoms with Gasteiger partial charge in [-0.2, -0.15) is 0 Å². The van der Waals surface area contributed by atoms with Gasteiger partial charge in [-0.05, 0) is 55.5 Å². The Kier molecular flexibility index (Phi) is 9.57. The van der Waals surface area contributed by atoms with Gasteiger partial charge < -0.3 is 19.7 Å². The number of benzene rings is 2. The molecule has 2 amide bonds. The van der Waals surface area contributed by atoms with Gasteiger partial charge in [-0.3, -0.25) is 9.59 Å². The molecule has 0 spiro atoms. The number of carbonyl (C=O) groups excluding carboxylic acids is 2. The summed E-state index contributed by atoms with van der Waals surface area (Å²) in [5.74, 6) is 1.28. The smallest absolute Gasteiger partial charge is 0.261 e. The predicted octanol–water partition coefficient (Wildman–Crippen LogP) is 4.53. The molecule has 0 aliphatic heterocycles. The average molecular weight is 441 g/mol. The number of hydrogen-bond acceptors (Lipinski definition) is 4. The van der Waals surface area contributed by atoms with Crippen molar-refractivity contribution in [2.24, 2.45) is 0 Å². The van der Waals surface area contributed by atoms with Gasteiger partial charge >= 0.3 is 0 Å². The van der Waals surface area contributed by atoms with Gasteiger partial charge in [0.05, 0.1) is 7.11 Å². The van der Waals surface area contributed by atoms with E-state index in [1.165, 1.54) is 0 Å². The maximum Gasteiger partial charge on any atom is 0.261 e. The lowest BCUT2D eigenvalue weighted by Crippen LogP contribution is -2.50. The SMILES string of the molecule is CCC(C)NC(=O)C(C)N(Cc1ccc(OC)cc1)C(=O)COc1ccccc1C(C)C. The van der Waals surface area contributed by atoms with Crippen LogP contribution in [0, 0.1) is 0 Å². The van der Waals surface area contributed by atoms with Crippen LogP contribution in [-0.4, -0.2) is 42.5 Å². The highest BCUT2D eigenvalue weighted by Gasteiger charge is 2.27. The first-order valence-electron chi connectivity index (χ1n) is 11.2. The van der Waals surface area contributed by atoms with E-state index < -0.39 is 6.04 Å². The van der Waals surface area contributed by atoms with Gasteiger partial charge in [-0.1, -0.05) is 51.1 Å². The van der Waals surface area contributed by atoms with Crippen molar-refractivity contribution in [3.8, 4) is 11.5 Å². The topological polar surface area (TPSA) is 67.9 Å². The van der Waals surface area contributed by atoms with E-state index in [9.17, 15) is 9.59 Å². The summed E-state index contributed by atoms with van der Waals surface area (Å²) in [5.41, 5.74) is 1.95. The lowest BCUT2D eigenvalue weighted by Gasteiger charge is -2.30. The predicted molar refractivity (Wildman–Crippen MR) is 127 cm³/mol. The molecule has 0 aromatic heterocycles. The number of methoxy groups -OCH3 is 1. The minimum atomic E-state index is -0.637. The van der Waals surface area contributed by atoms with Crippen LogP contribution in [0.15, 0.2) is 48.5 Å². The van der Waals surface area contributed by atoms with Crippen molar-refractivity contribution in [2.75, 3.05) is 13.7 Å². The van der Waals surface area contributed by atoms with Gasteiger partial charge in [0.25, 0.3) is 5.91 Å². The molecule has 0 heterocycles. The highest BCUT2D eigenvalue weighted by molar-refractivity contribution is 5.88. The second-order valence-electron chi connectivity index (χ2n) is 8.34. The molecule has 32 heavy (non-hydrogen) atoms. The highest BCUT2D eigenvalue weighted by atomic mass is 16.5. The largest absolute Gasteiger partial charge is 0.497 e. The molecule has 2 unspecified atom stereocenters. The quantitative estimate of drug-likeness (QED) is 0.557. The molecule has 2 aromatic rings. The normalized spacial score (nSPS) is 12.7. The zero-order valence-corrected chi connectivity index (χ0v) is 20.1. The van der Waals surface area contributed by atoms with Crippen LogP contribution in [0.4, 0.5) is 0 Å². The van der Waals surface area contributed by atoms with Crippen molar-refractivity contribution in [3.05, 3.63) is 59.7 Å². The van der Waals surface area contributed by atoms with Crippen molar-refractivity contribution >= 4 is 11.8 Å². The standard InChI is InChI=1S/C26H36N2O4/c1-7-19(4)27-26(30)20(5)28(16-21-12-14-22(31-6)15-13-21)25(29)17-32-24-11-9-8-10-23(24)18(2)3/h8-15,18-20H,7,16-17H2,1-6H3,(H,27,30). The molecule has 0 bridgehead atoms. The van der Waals surface area contributed by atoms with Crippen LogP contribution in [0.5, 0.6) is 11.5 Å². The third-order valence-corrected chi connectivity index (χ3v) is 5.57. The van der Waals surface area contributed by atoms with Gasteiger partial charge in [0.1, 0.15) is 17.5 Å². The minimum absolute atomic E-state index is 0.0389. The van der Waals surface area contributed by atoms with E-state index in [2.05, 4.69) is 19.2 Å². The van der Waals surface area contributed by atoms with Crippen molar-refractivity contribution in [3.63, 3.8) is 0 Å². The number of para-hydroxylation sites is 1. The fourth-order valence-corrected chi connectivity index (χ4v) is 3.29. The fraction of sp³-hybridized carbons (Fsp3) is 0.462. The number of carbonyl (C=O) groups is 2. The zero-order chi connectivity index (χ0) is 23.7. The van der Waals surface area contributed by atoms with Crippen molar-refractivity contribution < 1.29 is 19.1 Å². The zero-order valence-electron chi connectivity index (χ0n) is 20.1. The minimum Gasteiger partial charge on any atom is -0.497 e. The van der Waals surface area contributed by atoms with E-state index in [4.69, 9.17) is 9.47 Å². The van der Waals surface area contributed by atoms with E-state index in [0.717, 1.165) is 23.3 Å². The summed E-state index contributed by atoms with van der Waals surface area (Å²) in [4.78, 5) is 27.6. The molecule has 2 rings (SSSR count). The van der Waals surface area contributed by atoms with E-state index in [1.54, 1.807) is 18.9 Å². The monoisotopic (exact) mass is 440 g/mol. The van der Waals surface area contributed by atoms with E-state index in [0.29, 0.717) is 12.3 Å². The summed E-state index contributed by atoms with van der Waals surface area (Å²) >= 11 is 0. The molecule has 1 N–H and O–H groups in total. The number of nitrogens with one attached hydrogen (secondary N) is 1. The molecule has 0 saturated carbocycles. The molecule has 0 radical (unpaired) electrons. The third kappa shape index (κ3) is 7.01. The first kappa shape index (κ1) is 25.2. The Balaban J connectivity index is 2.20. The Labute approximate surface area is 191 Å². The summed E-state index contributed by atoms with van der Waals surface area (Å²) < 4.78 is 11.1. The Bertz CT molecular complexity index is 880. The van der Waals surface area contributed by atoms with Gasteiger partial charge in [0, 0.05) is 12.6 Å². The Morgan fingerprint density at radius 1 is 1.00 bits per heavy atom. The molecule has 2 atom stereocenters. The van der Waals surface area contributed by atoms with Gasteiger partial charge in [-0.15, -0.1) is 0 Å². The summed E-state index contributed by atoms with van der Waals surface area (Å²) in [6, 6.07) is 14.6. The van der Waals surface area contributed by atoms with Crippen LogP contribution < -0.4 is 14.8 Å². The molecule has 0 aliphatic rings. The average Bonchev–Trinajstić information content (AvgIpc) is 2.80. The number of ether oxygens (including phenoxy) is 2. The third-order valence-electron chi connectivity index (χ3n) is 5.57. The molecule has 6 nitrogen and oxygen atoms in total. The number of nitrogens with zero attached hydrogens (tertiary/aromatic N) is 1. The number of hydrogen-bond donors (Lipinski definition) is 1. The van der Waals surface area contributed by atoms with Gasteiger partial charge in [0.15, 0.2) is 6.61 Å². The van der Waals surface area contributed by atoms with E-state index in [1.807, 2.05) is 62.4 Å². The molecular formula is C26H36N2O4. The number of rotatable bonds is 11. The Hall–Kier alpha value is -3.02. The molecular weight excluding hydrogens is 404 g/mol. The van der Waals surface area contributed by atoms with Crippen LogP contribution in [0.2, 0.25) is 0 Å². The fourth-order valence-electron chi connectivity index (χ4n) is 3.29. The maximum atomic E-state index is 13.2. The number of amides is 2. The summed E-state index contributed by atoms with van der Waals surface area (Å²) in [6.07, 6.45) is 0.819. The summed E-state index contributed by atoms with van der Waals surface area (Å²) in [7, 11) is 1.61. The Morgan fingerprint density at radius 3 is 2.25 bits per heavy atom. The van der Waals surface area contributed by atoms with Crippen molar-refractivity contribution in [2.45, 2.75) is 65.6 Å². The van der Waals surface area contributed by atoms with Crippen molar-refractivity contribution in [1.82, 2.24) is 10.2 Å². The van der Waals surface area contributed by atoms with Gasteiger partial charge in [0.2, 0.25) is 5.91 Å². The molecule has 0 aliphatic carbocycles. The second kappa shape index (κ2) is 12.1. The summed E-state index contributed by atoms with van der Waals surface area (Å²) in [5, 5.41) is 2.97. The first-order valence-corrected chi connectivity index (χ1v) is 11.2. The van der Waals surface area contributed by atoms with Crippen LogP contribution in [0.3, 0.4) is 0 Å². The lowest BCUT2D eigenvalue weighted by molar-refractivity contribution is -0.142. The van der Waals surface area contributed by atoms with E-state index >= 15 is 0 Å².